The van der Waals surface area contributed by atoms with Gasteiger partial charge >= 0.3 is 5.97 Å². The third kappa shape index (κ3) is 4.89. The van der Waals surface area contributed by atoms with Crippen LogP contribution >= 0.6 is 11.8 Å². The van der Waals surface area contributed by atoms with E-state index in [4.69, 9.17) is 10.8 Å². The summed E-state index contributed by atoms with van der Waals surface area (Å²) in [6, 6.07) is -2.19. The predicted octanol–water partition coefficient (Wildman–Crippen LogP) is -0.353. The molecule has 120 valence electrons. The van der Waals surface area contributed by atoms with E-state index in [1.165, 1.54) is 16.7 Å². The SMILES string of the molecule is CSCC[C@H](NC(=O)[C@@H]1CCCN1C(=O)[C@H](C)N)C(=O)O. The number of carboxylic acid groups (broad SMARTS) is 1. The van der Waals surface area contributed by atoms with Gasteiger partial charge in [0.05, 0.1) is 6.04 Å². The van der Waals surface area contributed by atoms with Crippen molar-refractivity contribution in [2.75, 3.05) is 18.6 Å². The minimum absolute atomic E-state index is 0.274. The molecule has 0 aromatic carbocycles. The Morgan fingerprint density at radius 3 is 2.67 bits per heavy atom. The summed E-state index contributed by atoms with van der Waals surface area (Å²) in [7, 11) is 0. The van der Waals surface area contributed by atoms with Crippen LogP contribution in [0.15, 0.2) is 0 Å². The van der Waals surface area contributed by atoms with Crippen molar-refractivity contribution in [3.8, 4) is 0 Å². The molecule has 0 aliphatic carbocycles. The Labute approximate surface area is 128 Å². The Morgan fingerprint density at radius 1 is 1.48 bits per heavy atom. The van der Waals surface area contributed by atoms with Crippen LogP contribution in [-0.2, 0) is 14.4 Å². The standard InChI is InChI=1S/C13H23N3O4S/c1-8(14)12(18)16-6-3-4-10(16)11(17)15-9(13(19)20)5-7-21-2/h8-10H,3-7,14H2,1-2H3,(H,15,17)(H,19,20)/t8-,9-,10-/m0/s1. The lowest BCUT2D eigenvalue weighted by atomic mass is 10.1. The van der Waals surface area contributed by atoms with Gasteiger partial charge in [0.2, 0.25) is 11.8 Å². The number of aliphatic carboxylic acids is 1. The summed E-state index contributed by atoms with van der Waals surface area (Å²) < 4.78 is 0. The third-order valence-corrected chi connectivity index (χ3v) is 4.10. The van der Waals surface area contributed by atoms with Crippen LogP contribution in [0, 0.1) is 0 Å². The van der Waals surface area contributed by atoms with Crippen LogP contribution in [0.5, 0.6) is 0 Å². The number of nitrogens with zero attached hydrogens (tertiary/aromatic N) is 1. The van der Waals surface area contributed by atoms with Crippen molar-refractivity contribution >= 4 is 29.5 Å². The van der Waals surface area contributed by atoms with E-state index in [2.05, 4.69) is 5.32 Å². The average molecular weight is 317 g/mol. The molecule has 2 amide bonds. The summed E-state index contributed by atoms with van der Waals surface area (Å²) >= 11 is 1.52. The van der Waals surface area contributed by atoms with Crippen LogP contribution in [0.4, 0.5) is 0 Å². The number of carbonyl (C=O) groups excluding carboxylic acids is 2. The minimum atomic E-state index is -1.06. The summed E-state index contributed by atoms with van der Waals surface area (Å²) in [6.45, 7) is 2.06. The van der Waals surface area contributed by atoms with E-state index < -0.39 is 30.0 Å². The Hall–Kier alpha value is -1.28. The number of nitrogens with two attached hydrogens (primary N) is 1. The van der Waals surface area contributed by atoms with Gasteiger partial charge in [-0.15, -0.1) is 0 Å². The summed E-state index contributed by atoms with van der Waals surface area (Å²) in [5.74, 6) is -1.09. The number of carbonyl (C=O) groups is 3. The van der Waals surface area contributed by atoms with Gasteiger partial charge in [-0.05, 0) is 38.2 Å². The van der Waals surface area contributed by atoms with Crippen molar-refractivity contribution in [2.24, 2.45) is 5.73 Å². The zero-order valence-electron chi connectivity index (χ0n) is 12.4. The second-order valence-corrected chi connectivity index (χ2v) is 6.14. The van der Waals surface area contributed by atoms with Gasteiger partial charge < -0.3 is 21.1 Å². The van der Waals surface area contributed by atoms with Gasteiger partial charge in [-0.1, -0.05) is 0 Å². The molecule has 1 heterocycles. The van der Waals surface area contributed by atoms with Crippen molar-refractivity contribution < 1.29 is 19.5 Å². The van der Waals surface area contributed by atoms with E-state index in [9.17, 15) is 14.4 Å². The molecule has 21 heavy (non-hydrogen) atoms. The van der Waals surface area contributed by atoms with Crippen LogP contribution in [0.25, 0.3) is 0 Å². The molecule has 0 bridgehead atoms. The highest BCUT2D eigenvalue weighted by Gasteiger charge is 2.36. The average Bonchev–Trinajstić information content (AvgIpc) is 2.91. The number of hydrogen-bond donors (Lipinski definition) is 3. The number of rotatable bonds is 7. The van der Waals surface area contributed by atoms with Crippen LogP contribution in [0.3, 0.4) is 0 Å². The first-order chi connectivity index (χ1) is 9.88. The molecule has 7 nitrogen and oxygen atoms in total. The van der Waals surface area contributed by atoms with Gasteiger partial charge in [-0.3, -0.25) is 9.59 Å². The summed E-state index contributed by atoms with van der Waals surface area (Å²) in [6.07, 6.45) is 3.50. The first-order valence-electron chi connectivity index (χ1n) is 6.96. The highest BCUT2D eigenvalue weighted by Crippen LogP contribution is 2.18. The fourth-order valence-corrected chi connectivity index (χ4v) is 2.80. The molecule has 4 N–H and O–H groups in total. The number of nitrogens with one attached hydrogen (secondary N) is 1. The van der Waals surface area contributed by atoms with Gasteiger partial charge in [0, 0.05) is 6.54 Å². The lowest BCUT2D eigenvalue weighted by Gasteiger charge is -2.26. The zero-order chi connectivity index (χ0) is 16.0. The molecule has 0 radical (unpaired) electrons. The highest BCUT2D eigenvalue weighted by atomic mass is 32.2. The van der Waals surface area contributed by atoms with Crippen molar-refractivity contribution in [3.63, 3.8) is 0 Å². The van der Waals surface area contributed by atoms with Crippen molar-refractivity contribution in [1.82, 2.24) is 10.2 Å². The van der Waals surface area contributed by atoms with E-state index in [0.717, 1.165) is 6.42 Å². The number of carboxylic acids is 1. The summed E-state index contributed by atoms with van der Waals surface area (Å²) in [5.41, 5.74) is 5.57. The van der Waals surface area contributed by atoms with Crippen LogP contribution < -0.4 is 11.1 Å². The maximum Gasteiger partial charge on any atom is 0.326 e. The van der Waals surface area contributed by atoms with Gasteiger partial charge in [-0.2, -0.15) is 11.8 Å². The van der Waals surface area contributed by atoms with E-state index in [0.29, 0.717) is 25.1 Å². The molecular formula is C13H23N3O4S. The first kappa shape index (κ1) is 17.8. The zero-order valence-corrected chi connectivity index (χ0v) is 13.2. The molecule has 0 unspecified atom stereocenters. The van der Waals surface area contributed by atoms with Gasteiger partial charge in [0.25, 0.3) is 0 Å². The predicted molar refractivity (Wildman–Crippen MR) is 80.9 cm³/mol. The summed E-state index contributed by atoms with van der Waals surface area (Å²) in [4.78, 5) is 36.8. The normalized spacial score (nSPS) is 20.9. The maximum atomic E-state index is 12.2. The van der Waals surface area contributed by atoms with Crippen molar-refractivity contribution in [3.05, 3.63) is 0 Å². The monoisotopic (exact) mass is 317 g/mol. The molecule has 8 heteroatoms. The number of thioether (sulfide) groups is 1. The molecule has 1 saturated heterocycles. The second kappa shape index (κ2) is 8.23. The minimum Gasteiger partial charge on any atom is -0.480 e. The first-order valence-corrected chi connectivity index (χ1v) is 8.36. The maximum absolute atomic E-state index is 12.2. The van der Waals surface area contributed by atoms with E-state index in [-0.39, 0.29) is 5.91 Å². The Bertz CT molecular complexity index is 403. The van der Waals surface area contributed by atoms with E-state index >= 15 is 0 Å². The molecule has 1 aliphatic heterocycles. The highest BCUT2D eigenvalue weighted by molar-refractivity contribution is 7.98. The van der Waals surface area contributed by atoms with Crippen LogP contribution in [-0.4, -0.2) is 64.5 Å². The Kier molecular flexibility index (Phi) is 6.97. The van der Waals surface area contributed by atoms with Gasteiger partial charge in [0.1, 0.15) is 12.1 Å². The van der Waals surface area contributed by atoms with E-state index in [1.807, 2.05) is 6.26 Å². The lowest BCUT2D eigenvalue weighted by Crippen LogP contribution is -2.53. The lowest BCUT2D eigenvalue weighted by molar-refractivity contribution is -0.144. The topological polar surface area (TPSA) is 113 Å². The smallest absolute Gasteiger partial charge is 0.326 e. The third-order valence-electron chi connectivity index (χ3n) is 3.45. The quantitative estimate of drug-likeness (QED) is 0.591. The molecule has 0 spiro atoms. The second-order valence-electron chi connectivity index (χ2n) is 5.16. The molecule has 3 atom stereocenters. The number of hydrogen-bond acceptors (Lipinski definition) is 5. The molecule has 0 aromatic heterocycles. The fraction of sp³-hybridized carbons (Fsp3) is 0.769. The molecular weight excluding hydrogens is 294 g/mol. The fourth-order valence-electron chi connectivity index (χ4n) is 2.33. The Morgan fingerprint density at radius 2 is 2.14 bits per heavy atom. The summed E-state index contributed by atoms with van der Waals surface area (Å²) in [5, 5.41) is 11.7. The molecule has 1 rings (SSSR count). The number of amides is 2. The number of likely N-dealkylation sites (tertiary alicyclic amines) is 1. The molecule has 1 aliphatic rings. The van der Waals surface area contributed by atoms with Crippen molar-refractivity contribution in [2.45, 2.75) is 44.3 Å². The molecule has 0 saturated carbocycles. The Balaban J connectivity index is 2.68. The molecule has 0 aromatic rings. The van der Waals surface area contributed by atoms with E-state index in [1.54, 1.807) is 6.92 Å². The van der Waals surface area contributed by atoms with Gasteiger partial charge in [-0.25, -0.2) is 4.79 Å². The van der Waals surface area contributed by atoms with Crippen LogP contribution in [0.1, 0.15) is 26.2 Å². The van der Waals surface area contributed by atoms with Gasteiger partial charge in [0.15, 0.2) is 0 Å². The van der Waals surface area contributed by atoms with Crippen LogP contribution in [0.2, 0.25) is 0 Å². The molecule has 1 fully saturated rings. The largest absolute Gasteiger partial charge is 0.480 e. The van der Waals surface area contributed by atoms with Crippen molar-refractivity contribution in [1.29, 1.82) is 0 Å².